The molecule has 1 N–H and O–H groups in total. The first kappa shape index (κ1) is 15.7. The van der Waals surface area contributed by atoms with Gasteiger partial charge in [-0.15, -0.1) is 0 Å². The van der Waals surface area contributed by atoms with Crippen LogP contribution in [0.2, 0.25) is 0 Å². The Bertz CT molecular complexity index is 737. The Morgan fingerprint density at radius 1 is 1.20 bits per heavy atom. The van der Waals surface area contributed by atoms with E-state index < -0.39 is 0 Å². The lowest BCUT2D eigenvalue weighted by Crippen LogP contribution is -2.27. The maximum Gasteiger partial charge on any atom is 0.244 e. The molecule has 1 aliphatic heterocycles. The maximum atomic E-state index is 11.9. The van der Waals surface area contributed by atoms with Crippen molar-refractivity contribution in [2.75, 3.05) is 24.5 Å². The van der Waals surface area contributed by atoms with E-state index in [1.807, 2.05) is 18.3 Å². The lowest BCUT2D eigenvalue weighted by atomic mass is 10.2. The Morgan fingerprint density at radius 2 is 2.04 bits per heavy atom. The number of pyridine rings is 1. The topological polar surface area (TPSA) is 71.0 Å². The van der Waals surface area contributed by atoms with Gasteiger partial charge in [-0.25, -0.2) is 4.98 Å². The van der Waals surface area contributed by atoms with Crippen molar-refractivity contribution in [1.29, 1.82) is 0 Å². The predicted molar refractivity (Wildman–Crippen MR) is 95.6 cm³/mol. The van der Waals surface area contributed by atoms with Gasteiger partial charge in [-0.2, -0.15) is 0 Å². The highest BCUT2D eigenvalue weighted by atomic mass is 16.1. The molecule has 1 amide bonds. The highest BCUT2D eigenvalue weighted by molar-refractivity contribution is 5.91. The molecule has 2 aromatic rings. The smallest absolute Gasteiger partial charge is 0.244 e. The normalized spacial score (nSPS) is 24.3. The number of rotatable bonds is 6. The van der Waals surface area contributed by atoms with E-state index in [4.69, 9.17) is 0 Å². The molecule has 2 atom stereocenters. The molecule has 0 radical (unpaired) electrons. The number of hydrogen-bond donors (Lipinski definition) is 1. The van der Waals surface area contributed by atoms with Crippen LogP contribution in [0.3, 0.4) is 0 Å². The molecule has 0 aromatic carbocycles. The van der Waals surface area contributed by atoms with Gasteiger partial charge in [0.15, 0.2) is 0 Å². The minimum Gasteiger partial charge on any atom is -0.355 e. The van der Waals surface area contributed by atoms with Crippen molar-refractivity contribution in [1.82, 2.24) is 20.3 Å². The summed E-state index contributed by atoms with van der Waals surface area (Å²) in [7, 11) is 0. The molecule has 0 bridgehead atoms. The van der Waals surface area contributed by atoms with Crippen LogP contribution in [0.4, 0.5) is 5.82 Å². The van der Waals surface area contributed by atoms with E-state index in [1.165, 1.54) is 0 Å². The largest absolute Gasteiger partial charge is 0.355 e. The lowest BCUT2D eigenvalue weighted by molar-refractivity contribution is -0.116. The molecule has 4 rings (SSSR count). The summed E-state index contributed by atoms with van der Waals surface area (Å²) in [6.45, 7) is 2.85. The van der Waals surface area contributed by atoms with E-state index in [2.05, 4.69) is 25.2 Å². The molecule has 0 spiro atoms. The molecule has 1 saturated carbocycles. The van der Waals surface area contributed by atoms with Crippen molar-refractivity contribution in [3.8, 4) is 0 Å². The minimum atomic E-state index is -0.0455. The summed E-state index contributed by atoms with van der Waals surface area (Å²) in [6, 6.07) is 3.78. The Hall–Kier alpha value is -2.76. The number of amides is 1. The van der Waals surface area contributed by atoms with Crippen molar-refractivity contribution in [3.05, 3.63) is 54.8 Å². The molecular formula is C19H21N5O. The summed E-state index contributed by atoms with van der Waals surface area (Å²) in [5.41, 5.74) is 0.929. The average molecular weight is 335 g/mol. The Morgan fingerprint density at radius 3 is 2.76 bits per heavy atom. The fraction of sp³-hybridized carbons (Fsp3) is 0.368. The zero-order valence-corrected chi connectivity index (χ0v) is 14.0. The molecule has 6 heteroatoms. The average Bonchev–Trinajstić information content (AvgIpc) is 3.11. The first-order chi connectivity index (χ1) is 12.3. The second-order valence-corrected chi connectivity index (χ2v) is 6.66. The van der Waals surface area contributed by atoms with Crippen LogP contribution in [0.15, 0.2) is 49.2 Å². The number of carbonyl (C=O) groups is 1. The minimum absolute atomic E-state index is 0.0455. The SMILES string of the molecule is O=C(/C=C/c1cccnc1)NCCC1C2CN(c3cnccn3)CC12. The van der Waals surface area contributed by atoms with E-state index in [0.717, 1.165) is 55.2 Å². The summed E-state index contributed by atoms with van der Waals surface area (Å²) < 4.78 is 0. The number of piperidine rings is 1. The molecule has 2 fully saturated rings. The summed E-state index contributed by atoms with van der Waals surface area (Å²) >= 11 is 0. The van der Waals surface area contributed by atoms with Gasteiger partial charge in [-0.3, -0.25) is 14.8 Å². The van der Waals surface area contributed by atoms with Crippen LogP contribution in [-0.4, -0.2) is 40.5 Å². The number of anilines is 1. The first-order valence-electron chi connectivity index (χ1n) is 8.68. The number of nitrogens with one attached hydrogen (secondary N) is 1. The molecule has 1 saturated heterocycles. The Kier molecular flexibility index (Phi) is 4.41. The van der Waals surface area contributed by atoms with Gasteiger partial charge in [0.1, 0.15) is 5.82 Å². The molecule has 2 aromatic heterocycles. The fourth-order valence-electron chi connectivity index (χ4n) is 3.79. The number of carbonyl (C=O) groups excluding carboxylic acids is 1. The van der Waals surface area contributed by atoms with E-state index in [-0.39, 0.29) is 5.91 Å². The van der Waals surface area contributed by atoms with Crippen LogP contribution in [0, 0.1) is 17.8 Å². The third-order valence-electron chi connectivity index (χ3n) is 5.13. The van der Waals surface area contributed by atoms with Gasteiger partial charge in [-0.1, -0.05) is 6.07 Å². The highest BCUT2D eigenvalue weighted by Crippen LogP contribution is 2.53. The summed E-state index contributed by atoms with van der Waals surface area (Å²) in [6.07, 6.45) is 13.1. The van der Waals surface area contributed by atoms with Crippen LogP contribution in [0.1, 0.15) is 12.0 Å². The predicted octanol–water partition coefficient (Wildman–Crippen LogP) is 1.77. The lowest BCUT2D eigenvalue weighted by Gasteiger charge is -2.20. The molecule has 2 aliphatic rings. The second-order valence-electron chi connectivity index (χ2n) is 6.66. The number of aromatic nitrogens is 3. The summed E-state index contributed by atoms with van der Waals surface area (Å²) in [5, 5.41) is 2.97. The van der Waals surface area contributed by atoms with Gasteiger partial charge < -0.3 is 10.2 Å². The third-order valence-corrected chi connectivity index (χ3v) is 5.13. The van der Waals surface area contributed by atoms with Crippen LogP contribution in [0.25, 0.3) is 6.08 Å². The van der Waals surface area contributed by atoms with Crippen LogP contribution in [-0.2, 0) is 4.79 Å². The monoisotopic (exact) mass is 335 g/mol. The Balaban J connectivity index is 1.17. The quantitative estimate of drug-likeness (QED) is 0.815. The molecule has 25 heavy (non-hydrogen) atoms. The van der Waals surface area contributed by atoms with Crippen LogP contribution >= 0.6 is 0 Å². The van der Waals surface area contributed by atoms with E-state index in [9.17, 15) is 4.79 Å². The van der Waals surface area contributed by atoms with Gasteiger partial charge in [0.05, 0.1) is 6.20 Å². The van der Waals surface area contributed by atoms with Gasteiger partial charge >= 0.3 is 0 Å². The molecular weight excluding hydrogens is 314 g/mol. The van der Waals surface area contributed by atoms with E-state index in [0.29, 0.717) is 0 Å². The second kappa shape index (κ2) is 7.01. The highest BCUT2D eigenvalue weighted by Gasteiger charge is 2.55. The van der Waals surface area contributed by atoms with Crippen molar-refractivity contribution < 1.29 is 4.79 Å². The van der Waals surface area contributed by atoms with Gasteiger partial charge in [0.2, 0.25) is 5.91 Å². The molecule has 1 aliphatic carbocycles. The summed E-state index contributed by atoms with van der Waals surface area (Å²) in [5.74, 6) is 3.14. The number of nitrogens with zero attached hydrogens (tertiary/aromatic N) is 4. The van der Waals surface area contributed by atoms with Gasteiger partial charge in [0.25, 0.3) is 0 Å². The van der Waals surface area contributed by atoms with Crippen molar-refractivity contribution in [2.24, 2.45) is 17.8 Å². The van der Waals surface area contributed by atoms with Crippen molar-refractivity contribution in [2.45, 2.75) is 6.42 Å². The number of fused-ring (bicyclic) bond motifs is 1. The van der Waals surface area contributed by atoms with E-state index >= 15 is 0 Å². The fourth-order valence-corrected chi connectivity index (χ4v) is 3.79. The van der Waals surface area contributed by atoms with E-state index in [1.54, 1.807) is 36.9 Å². The standard InChI is InChI=1S/C19H21N5O/c25-19(4-3-14-2-1-6-20-10-14)23-7-5-15-16-12-24(13-17(15)16)18-11-21-8-9-22-18/h1-4,6,8-11,15-17H,5,7,12-13H2,(H,23,25)/b4-3+. The Labute approximate surface area is 147 Å². The molecule has 6 nitrogen and oxygen atoms in total. The first-order valence-corrected chi connectivity index (χ1v) is 8.68. The summed E-state index contributed by atoms with van der Waals surface area (Å²) in [4.78, 5) is 26.7. The van der Waals surface area contributed by atoms with Crippen LogP contribution < -0.4 is 10.2 Å². The maximum absolute atomic E-state index is 11.9. The zero-order valence-electron chi connectivity index (χ0n) is 14.0. The molecule has 2 unspecified atom stereocenters. The van der Waals surface area contributed by atoms with Gasteiger partial charge in [0, 0.05) is 50.5 Å². The zero-order chi connectivity index (χ0) is 17.1. The molecule has 3 heterocycles. The van der Waals surface area contributed by atoms with Crippen molar-refractivity contribution in [3.63, 3.8) is 0 Å². The number of hydrogen-bond acceptors (Lipinski definition) is 5. The van der Waals surface area contributed by atoms with Gasteiger partial charge in [-0.05, 0) is 41.9 Å². The molecule has 128 valence electrons. The third kappa shape index (κ3) is 3.68. The van der Waals surface area contributed by atoms with Crippen LogP contribution in [0.5, 0.6) is 0 Å². The van der Waals surface area contributed by atoms with Crippen molar-refractivity contribution >= 4 is 17.8 Å².